The van der Waals surface area contributed by atoms with Gasteiger partial charge in [0.05, 0.1) is 17.6 Å². The number of hydrogen-bond donors (Lipinski definition) is 3. The van der Waals surface area contributed by atoms with Gasteiger partial charge >= 0.3 is 6.18 Å². The van der Waals surface area contributed by atoms with E-state index in [1.54, 1.807) is 6.20 Å². The molecule has 3 N–H and O–H groups in total. The Morgan fingerprint density at radius 3 is 2.63 bits per heavy atom. The van der Waals surface area contributed by atoms with Gasteiger partial charge in [-0.3, -0.25) is 10.1 Å². The fourth-order valence-electron chi connectivity index (χ4n) is 2.97. The highest BCUT2D eigenvalue weighted by Crippen LogP contribution is 2.37. The first kappa shape index (κ1) is 18.7. The molecule has 0 aliphatic heterocycles. The molecule has 0 bridgehead atoms. The van der Waals surface area contributed by atoms with Crippen molar-refractivity contribution in [3.8, 4) is 0 Å². The number of halogens is 3. The molecule has 3 aromatic rings. The topological polar surface area (TPSA) is 91.2 Å². The second kappa shape index (κ2) is 7.28. The summed E-state index contributed by atoms with van der Waals surface area (Å²) in [5.41, 5.74) is -0.479. The number of fused-ring (bicyclic) bond motifs is 1. The number of nitro benzene ring substituents is 1. The molecular weight excluding hydrogens is 363 g/mol. The summed E-state index contributed by atoms with van der Waals surface area (Å²) in [6.07, 6.45) is -2.71. The number of aromatic amines is 1. The maximum absolute atomic E-state index is 13.1. The average molecular weight is 379 g/mol. The fraction of sp³-hybridized carbons (Fsp3) is 0.222. The second-order valence-electron chi connectivity index (χ2n) is 6.07. The van der Waals surface area contributed by atoms with Gasteiger partial charge in [0.15, 0.2) is 0 Å². The number of alkyl halides is 3. The second-order valence-corrected chi connectivity index (χ2v) is 6.07. The van der Waals surface area contributed by atoms with Gasteiger partial charge in [-0.25, -0.2) is 0 Å². The molecule has 0 amide bonds. The lowest BCUT2D eigenvalue weighted by Crippen LogP contribution is -2.26. The highest BCUT2D eigenvalue weighted by atomic mass is 19.4. The van der Waals surface area contributed by atoms with Gasteiger partial charge in [0.2, 0.25) is 0 Å². The van der Waals surface area contributed by atoms with Gasteiger partial charge < -0.3 is 15.4 Å². The smallest absolute Gasteiger partial charge is 0.394 e. The maximum atomic E-state index is 13.1. The Labute approximate surface area is 151 Å². The largest absolute Gasteiger partial charge is 0.423 e. The van der Waals surface area contributed by atoms with E-state index in [1.807, 2.05) is 24.3 Å². The van der Waals surface area contributed by atoms with Crippen LogP contribution in [0.2, 0.25) is 0 Å². The van der Waals surface area contributed by atoms with Crippen molar-refractivity contribution in [1.82, 2.24) is 4.98 Å². The molecule has 0 saturated carbocycles. The van der Waals surface area contributed by atoms with Gasteiger partial charge in [-0.1, -0.05) is 18.2 Å². The summed E-state index contributed by atoms with van der Waals surface area (Å²) < 4.78 is 39.3. The number of nitrogens with one attached hydrogen (secondary N) is 2. The highest BCUT2D eigenvalue weighted by molar-refractivity contribution is 5.83. The van der Waals surface area contributed by atoms with E-state index in [4.69, 9.17) is 0 Å². The van der Waals surface area contributed by atoms with Gasteiger partial charge in [0.1, 0.15) is 5.56 Å². The van der Waals surface area contributed by atoms with E-state index in [2.05, 4.69) is 10.3 Å². The van der Waals surface area contributed by atoms with E-state index in [9.17, 15) is 28.4 Å². The zero-order valence-electron chi connectivity index (χ0n) is 14.0. The Hall–Kier alpha value is -3.07. The Morgan fingerprint density at radius 2 is 1.96 bits per heavy atom. The van der Waals surface area contributed by atoms with Crippen molar-refractivity contribution in [1.29, 1.82) is 0 Å². The van der Waals surface area contributed by atoms with E-state index < -0.39 is 28.4 Å². The number of aromatic nitrogens is 1. The van der Waals surface area contributed by atoms with Crippen molar-refractivity contribution >= 4 is 22.3 Å². The average Bonchev–Trinajstić information content (AvgIpc) is 3.03. The molecule has 0 aliphatic carbocycles. The van der Waals surface area contributed by atoms with Crippen LogP contribution in [0.4, 0.5) is 24.5 Å². The Morgan fingerprint density at radius 1 is 1.22 bits per heavy atom. The highest BCUT2D eigenvalue weighted by Gasteiger charge is 2.38. The molecule has 0 unspecified atom stereocenters. The third kappa shape index (κ3) is 4.03. The first-order valence-electron chi connectivity index (χ1n) is 8.07. The molecule has 0 aliphatic rings. The molecule has 1 heterocycles. The molecule has 142 valence electrons. The predicted octanol–water partition coefficient (Wildman–Crippen LogP) is 4.11. The Balaban J connectivity index is 1.85. The Bertz CT molecular complexity index is 969. The molecule has 2 aromatic carbocycles. The molecule has 9 heteroatoms. The molecule has 1 atom stereocenters. The minimum atomic E-state index is -4.86. The van der Waals surface area contributed by atoms with Crippen LogP contribution in [-0.2, 0) is 12.6 Å². The summed E-state index contributed by atoms with van der Waals surface area (Å²) in [6.45, 7) is -0.322. The minimum Gasteiger partial charge on any atom is -0.394 e. The summed E-state index contributed by atoms with van der Waals surface area (Å²) in [4.78, 5) is 12.9. The van der Waals surface area contributed by atoms with Gasteiger partial charge in [-0.15, -0.1) is 0 Å². The lowest BCUT2D eigenvalue weighted by atomic mass is 10.0. The monoisotopic (exact) mass is 379 g/mol. The number of para-hydroxylation sites is 1. The molecule has 0 spiro atoms. The van der Waals surface area contributed by atoms with Crippen molar-refractivity contribution < 1.29 is 23.2 Å². The molecule has 27 heavy (non-hydrogen) atoms. The normalized spacial score (nSPS) is 12.9. The zero-order valence-corrected chi connectivity index (χ0v) is 14.0. The number of aliphatic hydroxyl groups excluding tert-OH is 1. The molecular formula is C18H16F3N3O3. The van der Waals surface area contributed by atoms with Crippen LogP contribution < -0.4 is 5.32 Å². The summed E-state index contributed by atoms with van der Waals surface area (Å²) in [6, 6.07) is 9.68. The van der Waals surface area contributed by atoms with E-state index in [-0.39, 0.29) is 12.3 Å². The van der Waals surface area contributed by atoms with E-state index >= 15 is 0 Å². The molecule has 6 nitrogen and oxygen atoms in total. The number of nitrogens with zero attached hydrogens (tertiary/aromatic N) is 1. The van der Waals surface area contributed by atoms with Crippen LogP contribution in [0, 0.1) is 10.1 Å². The third-order valence-corrected chi connectivity index (χ3v) is 4.23. The number of H-pyrrole nitrogens is 1. The van der Waals surface area contributed by atoms with E-state index in [0.717, 1.165) is 22.5 Å². The molecule has 0 saturated heterocycles. The number of benzene rings is 2. The summed E-state index contributed by atoms with van der Waals surface area (Å²) in [7, 11) is 0. The lowest BCUT2D eigenvalue weighted by Gasteiger charge is -2.18. The minimum absolute atomic E-state index is 0.0480. The predicted molar refractivity (Wildman–Crippen MR) is 94.6 cm³/mol. The van der Waals surface area contributed by atoms with Crippen molar-refractivity contribution in [2.75, 3.05) is 11.9 Å². The maximum Gasteiger partial charge on any atom is 0.423 e. The molecule has 1 aromatic heterocycles. The first-order chi connectivity index (χ1) is 12.8. The van der Waals surface area contributed by atoms with Crippen molar-refractivity contribution in [3.05, 3.63) is 69.9 Å². The third-order valence-electron chi connectivity index (χ3n) is 4.23. The first-order valence-corrected chi connectivity index (χ1v) is 8.07. The van der Waals surface area contributed by atoms with E-state index in [1.165, 1.54) is 6.07 Å². The van der Waals surface area contributed by atoms with Gasteiger partial charge in [-0.05, 0) is 30.2 Å². The summed E-state index contributed by atoms with van der Waals surface area (Å²) >= 11 is 0. The fourth-order valence-corrected chi connectivity index (χ4v) is 2.97. The lowest BCUT2D eigenvalue weighted by molar-refractivity contribution is -0.388. The summed E-state index contributed by atoms with van der Waals surface area (Å²) in [5.74, 6) is 0. The van der Waals surface area contributed by atoms with Crippen LogP contribution in [0.5, 0.6) is 0 Å². The van der Waals surface area contributed by atoms with E-state index in [0.29, 0.717) is 12.5 Å². The van der Waals surface area contributed by atoms with Gasteiger partial charge in [0.25, 0.3) is 5.69 Å². The number of aliphatic hydroxyl groups is 1. The standard InChI is InChI=1S/C18H16F3N3O3/c19-18(20,21)15-8-12(5-6-17(15)24(26)27)23-13(10-25)7-11-9-22-16-4-2-1-3-14(11)16/h1-6,8-9,13,22-23,25H,7,10H2/t13-/m1/s1. The van der Waals surface area contributed by atoms with Crippen LogP contribution in [-0.4, -0.2) is 27.7 Å². The summed E-state index contributed by atoms with van der Waals surface area (Å²) in [5, 5.41) is 24.2. The van der Waals surface area contributed by atoms with Crippen molar-refractivity contribution in [3.63, 3.8) is 0 Å². The van der Waals surface area contributed by atoms with Crippen LogP contribution >= 0.6 is 0 Å². The van der Waals surface area contributed by atoms with Crippen LogP contribution in [0.15, 0.2) is 48.7 Å². The van der Waals surface area contributed by atoms with Gasteiger partial charge in [0, 0.05) is 28.9 Å². The number of nitro groups is 1. The van der Waals surface area contributed by atoms with Gasteiger partial charge in [-0.2, -0.15) is 13.2 Å². The number of anilines is 1. The number of hydrogen-bond acceptors (Lipinski definition) is 4. The quantitative estimate of drug-likeness (QED) is 0.444. The van der Waals surface area contributed by atoms with Crippen LogP contribution in [0.3, 0.4) is 0 Å². The SMILES string of the molecule is O=[N+]([O-])c1ccc(N[C@@H](CO)Cc2c[nH]c3ccccc23)cc1C(F)(F)F. The van der Waals surface area contributed by atoms with Crippen molar-refractivity contribution in [2.24, 2.45) is 0 Å². The van der Waals surface area contributed by atoms with Crippen LogP contribution in [0.1, 0.15) is 11.1 Å². The molecule has 3 rings (SSSR count). The zero-order chi connectivity index (χ0) is 19.6. The van der Waals surface area contributed by atoms with Crippen molar-refractivity contribution in [2.45, 2.75) is 18.6 Å². The molecule has 0 fully saturated rings. The molecule has 0 radical (unpaired) electrons. The Kier molecular flexibility index (Phi) is 5.04. The number of rotatable bonds is 6. The van der Waals surface area contributed by atoms with Crippen LogP contribution in [0.25, 0.3) is 10.9 Å².